The van der Waals surface area contributed by atoms with Crippen molar-refractivity contribution in [2.75, 3.05) is 11.9 Å². The molecule has 0 saturated heterocycles. The molecule has 23 heavy (non-hydrogen) atoms. The van der Waals surface area contributed by atoms with E-state index in [4.69, 9.17) is 10.3 Å². The van der Waals surface area contributed by atoms with Crippen LogP contribution in [0.25, 0.3) is 0 Å². The van der Waals surface area contributed by atoms with Gasteiger partial charge >= 0.3 is 6.01 Å². The Bertz CT molecular complexity index is 674. The van der Waals surface area contributed by atoms with Crippen molar-refractivity contribution in [3.63, 3.8) is 0 Å². The van der Waals surface area contributed by atoms with Gasteiger partial charge in [0.2, 0.25) is 0 Å². The van der Waals surface area contributed by atoms with Crippen LogP contribution in [-0.4, -0.2) is 16.6 Å². The largest absolute Gasteiger partial charge is 0.457 e. The van der Waals surface area contributed by atoms with Gasteiger partial charge in [-0.15, -0.1) is 0 Å². The van der Waals surface area contributed by atoms with Crippen LogP contribution in [0, 0.1) is 19.4 Å². The van der Waals surface area contributed by atoms with Crippen LogP contribution in [0.3, 0.4) is 0 Å². The molecule has 0 atom stereocenters. The van der Waals surface area contributed by atoms with Crippen molar-refractivity contribution in [3.8, 4) is 6.01 Å². The Hall–Kier alpha value is -2.76. The molecule has 0 amide bonds. The Balaban J connectivity index is 1.96. The molecule has 1 aromatic heterocycles. The van der Waals surface area contributed by atoms with Crippen LogP contribution in [0.2, 0.25) is 0 Å². The molecule has 120 valence electrons. The molecule has 2 N–H and O–H groups in total. The van der Waals surface area contributed by atoms with Crippen LogP contribution in [-0.2, 0) is 6.42 Å². The lowest BCUT2D eigenvalue weighted by Gasteiger charge is -2.07. The molecule has 0 aliphatic carbocycles. The monoisotopic (exact) mass is 311 g/mol. The van der Waals surface area contributed by atoms with Crippen molar-refractivity contribution in [1.82, 2.24) is 9.97 Å². The van der Waals surface area contributed by atoms with E-state index < -0.39 is 0 Å². The van der Waals surface area contributed by atoms with Gasteiger partial charge in [0.1, 0.15) is 12.3 Å². The van der Waals surface area contributed by atoms with Crippen molar-refractivity contribution in [3.05, 3.63) is 59.2 Å². The molecular weight excluding hydrogens is 290 g/mol. The Kier molecular flexibility index (Phi) is 5.80. The smallest absolute Gasteiger partial charge is 0.316 e. The lowest BCUT2D eigenvalue weighted by atomic mass is 10.1. The van der Waals surface area contributed by atoms with Crippen molar-refractivity contribution < 1.29 is 4.74 Å². The van der Waals surface area contributed by atoms with Gasteiger partial charge in [0.05, 0.1) is 0 Å². The molecule has 0 bridgehead atoms. The summed E-state index contributed by atoms with van der Waals surface area (Å²) in [4.78, 5) is 8.23. The number of nitrogens with one attached hydrogen (secondary N) is 2. The molecule has 2 rings (SSSR count). The zero-order valence-corrected chi connectivity index (χ0v) is 13.6. The zero-order valence-electron chi connectivity index (χ0n) is 13.6. The molecule has 0 spiro atoms. The summed E-state index contributed by atoms with van der Waals surface area (Å²) in [7, 11) is 0. The van der Waals surface area contributed by atoms with E-state index in [9.17, 15) is 0 Å². The molecule has 1 aromatic carbocycles. The van der Waals surface area contributed by atoms with Crippen molar-refractivity contribution >= 4 is 5.69 Å². The molecular formula is C17H21N5O. The van der Waals surface area contributed by atoms with Crippen molar-refractivity contribution in [1.29, 1.82) is 5.53 Å². The van der Waals surface area contributed by atoms with Gasteiger partial charge in [0.25, 0.3) is 0 Å². The van der Waals surface area contributed by atoms with Crippen LogP contribution in [0.1, 0.15) is 23.6 Å². The minimum absolute atomic E-state index is 0.132. The van der Waals surface area contributed by atoms with Gasteiger partial charge in [-0.3, -0.25) is 0 Å². The highest BCUT2D eigenvalue weighted by Crippen LogP contribution is 2.14. The SMILES string of the molecule is CCc1cnc(OC/C(=C/Nc2cc(C)cc(C)c2)N=N)nc1. The van der Waals surface area contributed by atoms with Crippen LogP contribution in [0.4, 0.5) is 5.69 Å². The maximum atomic E-state index is 7.24. The van der Waals surface area contributed by atoms with E-state index in [1.165, 1.54) is 11.1 Å². The quantitative estimate of drug-likeness (QED) is 0.756. The third-order valence-electron chi connectivity index (χ3n) is 3.21. The maximum Gasteiger partial charge on any atom is 0.316 e. The van der Waals surface area contributed by atoms with Gasteiger partial charge in [0.15, 0.2) is 0 Å². The van der Waals surface area contributed by atoms with Gasteiger partial charge in [-0.2, -0.15) is 5.11 Å². The van der Waals surface area contributed by atoms with E-state index >= 15 is 0 Å². The fourth-order valence-electron chi connectivity index (χ4n) is 2.07. The van der Waals surface area contributed by atoms with E-state index in [2.05, 4.69) is 26.5 Å². The lowest BCUT2D eigenvalue weighted by Crippen LogP contribution is -2.04. The normalized spacial score (nSPS) is 11.2. The summed E-state index contributed by atoms with van der Waals surface area (Å²) in [6.45, 7) is 6.25. The fourth-order valence-corrected chi connectivity index (χ4v) is 2.07. The van der Waals surface area contributed by atoms with E-state index in [0.29, 0.717) is 5.70 Å². The average Bonchev–Trinajstić information content (AvgIpc) is 2.54. The van der Waals surface area contributed by atoms with E-state index in [0.717, 1.165) is 17.7 Å². The first kappa shape index (κ1) is 16.6. The summed E-state index contributed by atoms with van der Waals surface area (Å²) in [6.07, 6.45) is 6.00. The Morgan fingerprint density at radius 3 is 2.43 bits per heavy atom. The first-order chi connectivity index (χ1) is 11.1. The predicted octanol–water partition coefficient (Wildman–Crippen LogP) is 4.02. The third-order valence-corrected chi connectivity index (χ3v) is 3.21. The van der Waals surface area contributed by atoms with E-state index in [1.54, 1.807) is 18.6 Å². The second-order valence-corrected chi connectivity index (χ2v) is 5.28. The number of ether oxygens (including phenoxy) is 1. The van der Waals surface area contributed by atoms with Crippen molar-refractivity contribution in [2.24, 2.45) is 5.11 Å². The minimum Gasteiger partial charge on any atom is -0.457 e. The molecule has 0 aliphatic heterocycles. The molecule has 0 unspecified atom stereocenters. The van der Waals surface area contributed by atoms with E-state index in [1.807, 2.05) is 32.9 Å². The summed E-state index contributed by atoms with van der Waals surface area (Å²) in [5.74, 6) is 0. The average molecular weight is 311 g/mol. The number of nitrogens with zero attached hydrogens (tertiary/aromatic N) is 3. The number of anilines is 1. The topological polar surface area (TPSA) is 83.2 Å². The lowest BCUT2D eigenvalue weighted by molar-refractivity contribution is 0.320. The molecule has 2 aromatic rings. The second kappa shape index (κ2) is 8.03. The highest BCUT2D eigenvalue weighted by Gasteiger charge is 2.02. The first-order valence-corrected chi connectivity index (χ1v) is 7.45. The molecule has 6 heteroatoms. The van der Waals surface area contributed by atoms with Crippen molar-refractivity contribution in [2.45, 2.75) is 27.2 Å². The predicted molar refractivity (Wildman–Crippen MR) is 89.7 cm³/mol. The van der Waals surface area contributed by atoms with Crippen LogP contribution in [0.15, 0.2) is 47.6 Å². The zero-order chi connectivity index (χ0) is 16.7. The van der Waals surface area contributed by atoms with Gasteiger partial charge in [-0.05, 0) is 49.1 Å². The summed E-state index contributed by atoms with van der Waals surface area (Å²) in [6, 6.07) is 6.44. The van der Waals surface area contributed by atoms with Crippen LogP contribution in [0.5, 0.6) is 6.01 Å². The number of hydrogen-bond acceptors (Lipinski definition) is 6. The number of hydrogen-bond donors (Lipinski definition) is 2. The van der Waals surface area contributed by atoms with Gasteiger partial charge in [-0.1, -0.05) is 13.0 Å². The van der Waals surface area contributed by atoms with Crippen LogP contribution >= 0.6 is 0 Å². The number of rotatable bonds is 7. The maximum absolute atomic E-state index is 7.24. The van der Waals surface area contributed by atoms with Gasteiger partial charge in [-0.25, -0.2) is 15.5 Å². The Morgan fingerprint density at radius 2 is 1.87 bits per heavy atom. The molecule has 6 nitrogen and oxygen atoms in total. The minimum atomic E-state index is 0.132. The van der Waals surface area contributed by atoms with Crippen LogP contribution < -0.4 is 10.1 Å². The molecule has 1 heterocycles. The summed E-state index contributed by atoms with van der Waals surface area (Å²) >= 11 is 0. The molecule has 0 saturated carbocycles. The van der Waals surface area contributed by atoms with E-state index in [-0.39, 0.29) is 12.6 Å². The highest BCUT2D eigenvalue weighted by atomic mass is 16.5. The Morgan fingerprint density at radius 1 is 1.22 bits per heavy atom. The number of aryl methyl sites for hydroxylation is 3. The fraction of sp³-hybridized carbons (Fsp3) is 0.294. The summed E-state index contributed by atoms with van der Waals surface area (Å²) in [5.41, 5.74) is 12.0. The standard InChI is InChI=1S/C17H21N5O/c1-4-14-8-20-17(21-9-14)23-11-16(22-18)10-19-15-6-12(2)5-13(3)7-15/h5-10,18-19H,4,11H2,1-3H3/b16-10-,22-18?. The second-order valence-electron chi connectivity index (χ2n) is 5.28. The third kappa shape index (κ3) is 5.18. The first-order valence-electron chi connectivity index (χ1n) is 7.45. The molecule has 0 aliphatic rings. The number of aromatic nitrogens is 2. The summed E-state index contributed by atoms with van der Waals surface area (Å²) in [5, 5.41) is 6.60. The van der Waals surface area contributed by atoms with Gasteiger partial charge < -0.3 is 10.1 Å². The summed E-state index contributed by atoms with van der Waals surface area (Å²) < 4.78 is 5.45. The highest BCUT2D eigenvalue weighted by molar-refractivity contribution is 5.50. The molecule has 0 fully saturated rings. The van der Waals surface area contributed by atoms with Gasteiger partial charge in [0, 0.05) is 24.3 Å². The number of benzene rings is 1. The Labute approximate surface area is 136 Å². The molecule has 0 radical (unpaired) electrons.